The molecule has 8 heteroatoms. The van der Waals surface area contributed by atoms with Crippen LogP contribution in [0.15, 0.2) is 23.1 Å². The van der Waals surface area contributed by atoms with Crippen molar-refractivity contribution in [2.24, 2.45) is 5.41 Å². The third-order valence-electron chi connectivity index (χ3n) is 5.05. The van der Waals surface area contributed by atoms with Crippen LogP contribution in [0.5, 0.6) is 0 Å². The summed E-state index contributed by atoms with van der Waals surface area (Å²) in [5.74, 6) is 0. The zero-order valence-corrected chi connectivity index (χ0v) is 13.9. The summed E-state index contributed by atoms with van der Waals surface area (Å²) in [6.45, 7) is 4.31. The summed E-state index contributed by atoms with van der Waals surface area (Å²) in [5, 5.41) is 14.5. The van der Waals surface area contributed by atoms with Gasteiger partial charge in [-0.1, -0.05) is 12.1 Å². The fraction of sp³-hybridized carbons (Fsp3) is 0.600. The van der Waals surface area contributed by atoms with E-state index in [4.69, 9.17) is 0 Å². The fourth-order valence-electron chi connectivity index (χ4n) is 3.71. The number of nitro groups is 1. The Morgan fingerprint density at radius 2 is 1.96 bits per heavy atom. The van der Waals surface area contributed by atoms with Crippen molar-refractivity contribution in [3.63, 3.8) is 0 Å². The summed E-state index contributed by atoms with van der Waals surface area (Å²) in [6, 6.07) is 4.39. The number of benzene rings is 1. The molecule has 0 amide bonds. The van der Waals surface area contributed by atoms with E-state index in [2.05, 4.69) is 5.32 Å². The highest BCUT2D eigenvalue weighted by Crippen LogP contribution is 2.42. The van der Waals surface area contributed by atoms with Gasteiger partial charge >= 0.3 is 0 Å². The molecule has 0 saturated carbocycles. The van der Waals surface area contributed by atoms with Crippen molar-refractivity contribution in [1.29, 1.82) is 0 Å². The largest absolute Gasteiger partial charge is 0.317 e. The lowest BCUT2D eigenvalue weighted by molar-refractivity contribution is -0.387. The SMILES string of the molecule is Cc1cccc([N+](=O)[O-])c1S(=O)(=O)N1CCC2(CCNCC2)C1. The van der Waals surface area contributed by atoms with Crippen LogP contribution in [-0.4, -0.2) is 43.8 Å². The van der Waals surface area contributed by atoms with Gasteiger partial charge in [0.2, 0.25) is 10.0 Å². The summed E-state index contributed by atoms with van der Waals surface area (Å²) in [7, 11) is -3.85. The lowest BCUT2D eigenvalue weighted by Gasteiger charge is -2.33. The molecule has 0 bridgehead atoms. The smallest absolute Gasteiger partial charge is 0.289 e. The van der Waals surface area contributed by atoms with Gasteiger partial charge in [-0.25, -0.2) is 8.42 Å². The molecule has 1 spiro atoms. The highest BCUT2D eigenvalue weighted by Gasteiger charge is 2.45. The average Bonchev–Trinajstić information content (AvgIpc) is 2.92. The molecule has 1 N–H and O–H groups in total. The zero-order valence-electron chi connectivity index (χ0n) is 13.1. The molecule has 126 valence electrons. The third-order valence-corrected chi connectivity index (χ3v) is 7.09. The van der Waals surface area contributed by atoms with Gasteiger partial charge in [0.15, 0.2) is 4.90 Å². The second-order valence-electron chi connectivity index (χ2n) is 6.52. The third kappa shape index (κ3) is 2.86. The van der Waals surface area contributed by atoms with Crippen LogP contribution in [0.25, 0.3) is 0 Å². The number of rotatable bonds is 3. The van der Waals surface area contributed by atoms with Crippen molar-refractivity contribution in [2.75, 3.05) is 26.2 Å². The van der Waals surface area contributed by atoms with Crippen molar-refractivity contribution in [2.45, 2.75) is 31.1 Å². The molecule has 0 radical (unpaired) electrons. The minimum absolute atomic E-state index is 0.0236. The minimum atomic E-state index is -3.85. The van der Waals surface area contributed by atoms with Gasteiger partial charge in [0, 0.05) is 19.2 Å². The van der Waals surface area contributed by atoms with Crippen molar-refractivity contribution in [3.8, 4) is 0 Å². The molecular weight excluding hydrogens is 318 g/mol. The predicted octanol–water partition coefficient (Wildman–Crippen LogP) is 1.67. The molecule has 0 unspecified atom stereocenters. The summed E-state index contributed by atoms with van der Waals surface area (Å²) in [4.78, 5) is 10.5. The Balaban J connectivity index is 1.96. The lowest BCUT2D eigenvalue weighted by Crippen LogP contribution is -2.39. The number of sulfonamides is 1. The van der Waals surface area contributed by atoms with Crippen LogP contribution < -0.4 is 5.32 Å². The first-order valence-electron chi connectivity index (χ1n) is 7.81. The Bertz CT molecular complexity index is 726. The number of hydrogen-bond donors (Lipinski definition) is 1. The first kappa shape index (κ1) is 16.4. The molecule has 2 aliphatic heterocycles. The van der Waals surface area contributed by atoms with E-state index in [9.17, 15) is 18.5 Å². The normalized spacial score (nSPS) is 21.6. The van der Waals surface area contributed by atoms with E-state index < -0.39 is 14.9 Å². The first-order chi connectivity index (χ1) is 10.9. The Labute approximate surface area is 135 Å². The van der Waals surface area contributed by atoms with E-state index in [0.717, 1.165) is 32.4 Å². The van der Waals surface area contributed by atoms with E-state index in [-0.39, 0.29) is 16.0 Å². The average molecular weight is 339 g/mol. The molecule has 1 aromatic rings. The van der Waals surface area contributed by atoms with E-state index in [1.807, 2.05) is 0 Å². The predicted molar refractivity (Wildman–Crippen MR) is 85.7 cm³/mol. The van der Waals surface area contributed by atoms with Crippen molar-refractivity contribution < 1.29 is 13.3 Å². The van der Waals surface area contributed by atoms with E-state index in [1.165, 1.54) is 16.4 Å². The van der Waals surface area contributed by atoms with Gasteiger partial charge in [-0.05, 0) is 50.3 Å². The summed E-state index contributed by atoms with van der Waals surface area (Å²) in [5.41, 5.74) is 0.109. The standard InChI is InChI=1S/C15H21N3O4S/c1-12-3-2-4-13(18(19)20)14(12)23(21,22)17-10-7-15(11-17)5-8-16-9-6-15/h2-4,16H,5-11H2,1H3. The van der Waals surface area contributed by atoms with Crippen LogP contribution in [0.2, 0.25) is 0 Å². The Hall–Kier alpha value is -1.51. The summed E-state index contributed by atoms with van der Waals surface area (Å²) < 4.78 is 27.5. The topological polar surface area (TPSA) is 92.5 Å². The van der Waals surface area contributed by atoms with Gasteiger partial charge < -0.3 is 5.32 Å². The molecule has 23 heavy (non-hydrogen) atoms. The van der Waals surface area contributed by atoms with Crippen LogP contribution in [-0.2, 0) is 10.0 Å². The quantitative estimate of drug-likeness (QED) is 0.668. The van der Waals surface area contributed by atoms with Gasteiger partial charge in [0.1, 0.15) is 0 Å². The van der Waals surface area contributed by atoms with Crippen LogP contribution in [0, 0.1) is 22.5 Å². The monoisotopic (exact) mass is 339 g/mol. The Morgan fingerprint density at radius 3 is 2.61 bits per heavy atom. The van der Waals surface area contributed by atoms with Gasteiger partial charge in [0.25, 0.3) is 5.69 Å². The van der Waals surface area contributed by atoms with E-state index in [0.29, 0.717) is 18.7 Å². The van der Waals surface area contributed by atoms with Gasteiger partial charge in [-0.2, -0.15) is 4.31 Å². The molecule has 3 rings (SSSR count). The van der Waals surface area contributed by atoms with Crippen molar-refractivity contribution in [1.82, 2.24) is 9.62 Å². The summed E-state index contributed by atoms with van der Waals surface area (Å²) in [6.07, 6.45) is 2.73. The molecule has 0 aliphatic carbocycles. The number of piperidine rings is 1. The first-order valence-corrected chi connectivity index (χ1v) is 9.25. The van der Waals surface area contributed by atoms with Crippen molar-refractivity contribution in [3.05, 3.63) is 33.9 Å². The van der Waals surface area contributed by atoms with E-state index in [1.54, 1.807) is 13.0 Å². The van der Waals surface area contributed by atoms with Crippen molar-refractivity contribution >= 4 is 15.7 Å². The number of nitro benzene ring substituents is 1. The lowest BCUT2D eigenvalue weighted by atomic mass is 9.78. The van der Waals surface area contributed by atoms with Crippen LogP contribution in [0.4, 0.5) is 5.69 Å². The second-order valence-corrected chi connectivity index (χ2v) is 8.39. The Kier molecular flexibility index (Phi) is 4.16. The molecule has 2 aliphatic rings. The Morgan fingerprint density at radius 1 is 1.26 bits per heavy atom. The van der Waals surface area contributed by atoms with Gasteiger partial charge in [0.05, 0.1) is 4.92 Å². The van der Waals surface area contributed by atoms with E-state index >= 15 is 0 Å². The van der Waals surface area contributed by atoms with Crippen LogP contribution in [0.1, 0.15) is 24.8 Å². The second kappa shape index (κ2) is 5.85. The number of nitrogens with zero attached hydrogens (tertiary/aromatic N) is 2. The number of hydrogen-bond acceptors (Lipinski definition) is 5. The maximum absolute atomic E-state index is 13.0. The van der Waals surface area contributed by atoms with Gasteiger partial charge in [-0.15, -0.1) is 0 Å². The van der Waals surface area contributed by atoms with Crippen LogP contribution in [0.3, 0.4) is 0 Å². The maximum Gasteiger partial charge on any atom is 0.289 e. The maximum atomic E-state index is 13.0. The highest BCUT2D eigenvalue weighted by molar-refractivity contribution is 7.89. The summed E-state index contributed by atoms with van der Waals surface area (Å²) >= 11 is 0. The molecular formula is C15H21N3O4S. The molecule has 2 fully saturated rings. The zero-order chi connectivity index (χ0) is 16.7. The molecule has 0 atom stereocenters. The fourth-order valence-corrected chi connectivity index (χ4v) is 5.63. The minimum Gasteiger partial charge on any atom is -0.317 e. The highest BCUT2D eigenvalue weighted by atomic mass is 32.2. The molecule has 7 nitrogen and oxygen atoms in total. The molecule has 1 aromatic carbocycles. The van der Waals surface area contributed by atoms with Crippen LogP contribution >= 0.6 is 0 Å². The molecule has 0 aromatic heterocycles. The molecule has 2 heterocycles. The number of aryl methyl sites for hydroxylation is 1. The molecule has 2 saturated heterocycles. The number of nitrogens with one attached hydrogen (secondary N) is 1. The van der Waals surface area contributed by atoms with Gasteiger partial charge in [-0.3, -0.25) is 10.1 Å².